The van der Waals surface area contributed by atoms with Gasteiger partial charge in [-0.05, 0) is 6.92 Å². The largest absolute Gasteiger partial charge is 0.435 e. The molecule has 0 fully saturated rings. The highest BCUT2D eigenvalue weighted by Gasteiger charge is 2.38. The van der Waals surface area contributed by atoms with E-state index in [0.717, 1.165) is 0 Å². The number of allylic oxidation sites excluding steroid dienone is 1. The second kappa shape index (κ2) is 2.62. The topological polar surface area (TPSA) is 43.5 Å². The molecule has 64 valence electrons. The Hall–Kier alpha value is -1.33. The molecule has 0 aromatic rings. The molecule has 0 aliphatic carbocycles. The number of alkyl halides is 3. The third-order valence-electron chi connectivity index (χ3n) is 1.12. The Kier molecular flexibility index (Phi) is 1.91. The van der Waals surface area contributed by atoms with Crippen molar-refractivity contribution in [1.29, 1.82) is 0 Å². The summed E-state index contributed by atoms with van der Waals surface area (Å²) in [5.74, 6) is -0.971. The number of hydrogen-bond donors (Lipinski definition) is 0. The number of carbonyl (C=O) groups is 1. The summed E-state index contributed by atoms with van der Waals surface area (Å²) in [6, 6.07) is 0. The standard InChI is InChI=1S/C6H3F3N2O/c1-3-5(12)11-4(2-10-3)6(7,8)9/h1H3. The summed E-state index contributed by atoms with van der Waals surface area (Å²) in [5.41, 5.74) is -1.47. The van der Waals surface area contributed by atoms with Gasteiger partial charge in [-0.25, -0.2) is 10.3 Å². The highest BCUT2D eigenvalue weighted by Crippen LogP contribution is 2.25. The summed E-state index contributed by atoms with van der Waals surface area (Å²) in [5, 5.41) is 2.75. The lowest BCUT2D eigenvalue weighted by Gasteiger charge is -2.11. The number of carbonyl (C=O) groups excluding carboxylic acids is 1. The summed E-state index contributed by atoms with van der Waals surface area (Å²) in [6.07, 6.45) is -3.02. The number of nitrogens with zero attached hydrogens (tertiary/aromatic N) is 2. The average Bonchev–Trinajstić information content (AvgIpc) is 1.92. The summed E-state index contributed by atoms with van der Waals surface area (Å²) >= 11 is 0. The predicted molar refractivity (Wildman–Crippen MR) is 33.1 cm³/mol. The van der Waals surface area contributed by atoms with Crippen molar-refractivity contribution in [3.8, 4) is 0 Å². The quantitative estimate of drug-likeness (QED) is 0.538. The second-order valence-corrected chi connectivity index (χ2v) is 2.07. The lowest BCUT2D eigenvalue weighted by atomic mass is 10.3. The molecule has 0 saturated heterocycles. The number of aliphatic imine (C=N–C) groups is 1. The Morgan fingerprint density at radius 2 is 2.00 bits per heavy atom. The molecule has 1 aliphatic heterocycles. The first-order chi connectivity index (χ1) is 5.41. The molecular weight excluding hydrogens is 173 g/mol. The number of rotatable bonds is 0. The molecular formula is C6H3F3N2O. The minimum atomic E-state index is -4.65. The van der Waals surface area contributed by atoms with E-state index < -0.39 is 17.8 Å². The Labute approximate surface area is 66.0 Å². The molecule has 0 aromatic carbocycles. The molecule has 1 aliphatic rings. The van der Waals surface area contributed by atoms with E-state index in [-0.39, 0.29) is 5.71 Å². The van der Waals surface area contributed by atoms with Gasteiger partial charge in [0.15, 0.2) is 5.70 Å². The molecule has 0 unspecified atom stereocenters. The number of hydrogen-bond acceptors (Lipinski definition) is 2. The highest BCUT2D eigenvalue weighted by atomic mass is 19.4. The van der Waals surface area contributed by atoms with Gasteiger partial charge in [-0.1, -0.05) is 0 Å². The van der Waals surface area contributed by atoms with E-state index >= 15 is 0 Å². The maximum absolute atomic E-state index is 11.8. The van der Waals surface area contributed by atoms with Crippen molar-refractivity contribution in [3.63, 3.8) is 0 Å². The molecule has 0 N–H and O–H groups in total. The molecule has 3 nitrogen and oxygen atoms in total. The van der Waals surface area contributed by atoms with Gasteiger partial charge in [0.05, 0.1) is 0 Å². The van der Waals surface area contributed by atoms with Crippen LogP contribution in [-0.2, 0) is 4.79 Å². The van der Waals surface area contributed by atoms with Crippen molar-refractivity contribution < 1.29 is 18.0 Å². The van der Waals surface area contributed by atoms with Crippen molar-refractivity contribution in [3.05, 3.63) is 11.9 Å². The van der Waals surface area contributed by atoms with E-state index in [2.05, 4.69) is 10.3 Å². The van der Waals surface area contributed by atoms with Crippen LogP contribution in [-0.4, -0.2) is 17.8 Å². The second-order valence-electron chi connectivity index (χ2n) is 2.07. The van der Waals surface area contributed by atoms with E-state index in [4.69, 9.17) is 0 Å². The minimum Gasteiger partial charge on any atom is -0.265 e. The minimum absolute atomic E-state index is 0.0944. The van der Waals surface area contributed by atoms with E-state index in [0.29, 0.717) is 0 Å². The maximum atomic E-state index is 11.8. The van der Waals surface area contributed by atoms with Crippen molar-refractivity contribution in [2.45, 2.75) is 13.1 Å². The van der Waals surface area contributed by atoms with E-state index in [1.54, 1.807) is 6.20 Å². The van der Waals surface area contributed by atoms with Gasteiger partial charge in [-0.3, -0.25) is 4.79 Å². The number of halogens is 3. The lowest BCUT2D eigenvalue weighted by Crippen LogP contribution is -2.32. The van der Waals surface area contributed by atoms with E-state index in [1.807, 2.05) is 0 Å². The lowest BCUT2D eigenvalue weighted by molar-refractivity contribution is -0.122. The van der Waals surface area contributed by atoms with Crippen LogP contribution < -0.4 is 5.32 Å². The van der Waals surface area contributed by atoms with E-state index in [1.165, 1.54) is 6.92 Å². The molecule has 0 spiro atoms. The van der Waals surface area contributed by atoms with Crippen LogP contribution >= 0.6 is 0 Å². The zero-order valence-corrected chi connectivity index (χ0v) is 5.94. The number of amides is 1. The first kappa shape index (κ1) is 8.76. The first-order valence-corrected chi connectivity index (χ1v) is 2.92. The SMILES string of the molecule is CC1=N[C]=C(C(F)(F)F)[N]C1=O. The molecule has 1 amide bonds. The molecule has 6 heteroatoms. The van der Waals surface area contributed by atoms with Gasteiger partial charge in [0, 0.05) is 0 Å². The van der Waals surface area contributed by atoms with Crippen LogP contribution in [0.5, 0.6) is 0 Å². The summed E-state index contributed by atoms with van der Waals surface area (Å²) in [4.78, 5) is 13.7. The monoisotopic (exact) mass is 176 g/mol. The van der Waals surface area contributed by atoms with Crippen molar-refractivity contribution in [2.24, 2.45) is 4.99 Å². The molecule has 0 aromatic heterocycles. The van der Waals surface area contributed by atoms with Gasteiger partial charge in [0.2, 0.25) is 0 Å². The zero-order valence-electron chi connectivity index (χ0n) is 5.94. The van der Waals surface area contributed by atoms with Gasteiger partial charge in [0.1, 0.15) is 11.9 Å². The van der Waals surface area contributed by atoms with Gasteiger partial charge < -0.3 is 0 Å². The molecule has 12 heavy (non-hydrogen) atoms. The third-order valence-corrected chi connectivity index (χ3v) is 1.12. The molecule has 0 bridgehead atoms. The fraction of sp³-hybridized carbons (Fsp3) is 0.333. The van der Waals surface area contributed by atoms with Crippen LogP contribution in [0.4, 0.5) is 13.2 Å². The smallest absolute Gasteiger partial charge is 0.265 e. The van der Waals surface area contributed by atoms with Crippen LogP contribution in [0.25, 0.3) is 0 Å². The third kappa shape index (κ3) is 1.63. The summed E-state index contributed by atoms with van der Waals surface area (Å²) < 4.78 is 35.5. The molecule has 0 saturated carbocycles. The van der Waals surface area contributed by atoms with Crippen molar-refractivity contribution in [2.75, 3.05) is 0 Å². The van der Waals surface area contributed by atoms with Crippen LogP contribution in [0, 0.1) is 6.20 Å². The maximum Gasteiger partial charge on any atom is 0.435 e. The Morgan fingerprint density at radius 1 is 1.42 bits per heavy atom. The Balaban J connectivity index is 2.92. The normalized spacial score (nSPS) is 18.2. The Bertz CT molecular complexity index is 277. The van der Waals surface area contributed by atoms with Gasteiger partial charge in [-0.2, -0.15) is 13.2 Å². The van der Waals surface area contributed by atoms with Crippen molar-refractivity contribution >= 4 is 11.6 Å². The average molecular weight is 176 g/mol. The van der Waals surface area contributed by atoms with Gasteiger partial charge in [0.25, 0.3) is 5.91 Å². The van der Waals surface area contributed by atoms with Gasteiger partial charge in [-0.15, -0.1) is 0 Å². The fourth-order valence-corrected chi connectivity index (χ4v) is 0.519. The Morgan fingerprint density at radius 3 is 2.42 bits per heavy atom. The summed E-state index contributed by atoms with van der Waals surface area (Å²) in [7, 11) is 0. The predicted octanol–water partition coefficient (Wildman–Crippen LogP) is 0.799. The molecule has 1 rings (SSSR count). The zero-order chi connectivity index (χ0) is 9.35. The molecule has 2 radical (unpaired) electrons. The fourth-order valence-electron chi connectivity index (χ4n) is 0.519. The van der Waals surface area contributed by atoms with Crippen LogP contribution in [0.2, 0.25) is 0 Å². The first-order valence-electron chi connectivity index (χ1n) is 2.92. The van der Waals surface area contributed by atoms with Crippen molar-refractivity contribution in [1.82, 2.24) is 5.32 Å². The molecule has 0 atom stereocenters. The van der Waals surface area contributed by atoms with Crippen LogP contribution in [0.1, 0.15) is 6.92 Å². The van der Waals surface area contributed by atoms with Crippen LogP contribution in [0.3, 0.4) is 0 Å². The highest BCUT2D eigenvalue weighted by molar-refractivity contribution is 6.38. The molecule has 1 heterocycles. The van der Waals surface area contributed by atoms with E-state index in [9.17, 15) is 18.0 Å². The van der Waals surface area contributed by atoms with Crippen LogP contribution in [0.15, 0.2) is 10.7 Å². The van der Waals surface area contributed by atoms with Gasteiger partial charge >= 0.3 is 6.18 Å². The summed E-state index contributed by atoms with van der Waals surface area (Å²) in [6.45, 7) is 1.27.